The van der Waals surface area contributed by atoms with Gasteiger partial charge in [0.25, 0.3) is 0 Å². The number of nitrogens with zero attached hydrogens (tertiary/aromatic N) is 1. The average Bonchev–Trinajstić information content (AvgIpc) is 3.12. The maximum Gasteiger partial charge on any atom is 0.131 e. The molecule has 5 heteroatoms. The van der Waals surface area contributed by atoms with Gasteiger partial charge in [-0.1, -0.05) is 6.07 Å². The average molecular weight is 312 g/mol. The topological polar surface area (TPSA) is 62.3 Å². The SMILES string of the molecule is CN(CCOc1cccc(Br)c1C(=N)N)C1CC1. The van der Waals surface area contributed by atoms with Gasteiger partial charge in [0.15, 0.2) is 0 Å². The van der Waals surface area contributed by atoms with Gasteiger partial charge in [-0.25, -0.2) is 0 Å². The van der Waals surface area contributed by atoms with Crippen molar-refractivity contribution in [2.24, 2.45) is 5.73 Å². The minimum absolute atomic E-state index is 0.0213. The number of halogens is 1. The summed E-state index contributed by atoms with van der Waals surface area (Å²) >= 11 is 3.39. The molecule has 0 unspecified atom stereocenters. The molecule has 0 saturated heterocycles. The first-order valence-corrected chi connectivity index (χ1v) is 6.85. The van der Waals surface area contributed by atoms with Gasteiger partial charge >= 0.3 is 0 Å². The normalized spacial score (nSPS) is 14.8. The lowest BCUT2D eigenvalue weighted by molar-refractivity contribution is 0.231. The van der Waals surface area contributed by atoms with Crippen molar-refractivity contribution in [3.63, 3.8) is 0 Å². The smallest absolute Gasteiger partial charge is 0.131 e. The number of amidine groups is 1. The predicted octanol–water partition coefficient (Wildman–Crippen LogP) is 2.21. The molecule has 0 heterocycles. The third-order valence-corrected chi connectivity index (χ3v) is 3.78. The summed E-state index contributed by atoms with van der Waals surface area (Å²) in [7, 11) is 2.12. The number of rotatable bonds is 6. The molecule has 1 aromatic rings. The number of hydrogen-bond donors (Lipinski definition) is 2. The Morgan fingerprint density at radius 2 is 2.28 bits per heavy atom. The van der Waals surface area contributed by atoms with Crippen LogP contribution in [-0.2, 0) is 0 Å². The first-order valence-electron chi connectivity index (χ1n) is 6.05. The second-order valence-electron chi connectivity index (χ2n) is 4.59. The monoisotopic (exact) mass is 311 g/mol. The van der Waals surface area contributed by atoms with Gasteiger partial charge in [-0.05, 0) is 48.0 Å². The molecule has 0 bridgehead atoms. The van der Waals surface area contributed by atoms with Crippen molar-refractivity contribution in [1.82, 2.24) is 4.90 Å². The minimum atomic E-state index is 0.0213. The van der Waals surface area contributed by atoms with Crippen LogP contribution in [0.25, 0.3) is 0 Å². The van der Waals surface area contributed by atoms with Crippen molar-refractivity contribution in [2.75, 3.05) is 20.2 Å². The van der Waals surface area contributed by atoms with Crippen LogP contribution in [0.1, 0.15) is 18.4 Å². The number of nitrogens with two attached hydrogens (primary N) is 1. The first kappa shape index (κ1) is 13.4. The number of nitrogen functional groups attached to an aromatic ring is 1. The van der Waals surface area contributed by atoms with Gasteiger partial charge in [-0.15, -0.1) is 0 Å². The number of hydrogen-bond acceptors (Lipinski definition) is 3. The molecule has 1 fully saturated rings. The Kier molecular flexibility index (Phi) is 4.24. The van der Waals surface area contributed by atoms with Crippen LogP contribution in [-0.4, -0.2) is 37.0 Å². The molecule has 0 spiro atoms. The second kappa shape index (κ2) is 5.71. The van der Waals surface area contributed by atoms with Crippen molar-refractivity contribution < 1.29 is 4.74 Å². The quantitative estimate of drug-likeness (QED) is 0.625. The van der Waals surface area contributed by atoms with Crippen LogP contribution in [0.3, 0.4) is 0 Å². The Bertz CT molecular complexity index is 446. The molecule has 0 aliphatic heterocycles. The molecule has 1 aliphatic rings. The van der Waals surface area contributed by atoms with Gasteiger partial charge in [0.05, 0.1) is 5.56 Å². The highest BCUT2D eigenvalue weighted by Crippen LogP contribution is 2.27. The molecule has 0 radical (unpaired) electrons. The van der Waals surface area contributed by atoms with Crippen LogP contribution in [0.4, 0.5) is 0 Å². The highest BCUT2D eigenvalue weighted by atomic mass is 79.9. The zero-order valence-electron chi connectivity index (χ0n) is 10.4. The first-order chi connectivity index (χ1) is 8.59. The Hall–Kier alpha value is -1.07. The predicted molar refractivity (Wildman–Crippen MR) is 76.3 cm³/mol. The Morgan fingerprint density at radius 3 is 2.89 bits per heavy atom. The van der Waals surface area contributed by atoms with Crippen molar-refractivity contribution >= 4 is 21.8 Å². The highest BCUT2D eigenvalue weighted by molar-refractivity contribution is 9.10. The van der Waals surface area contributed by atoms with Gasteiger partial charge in [0, 0.05) is 17.1 Å². The van der Waals surface area contributed by atoms with Crippen molar-refractivity contribution in [3.05, 3.63) is 28.2 Å². The van der Waals surface area contributed by atoms with Crippen LogP contribution in [0.5, 0.6) is 5.75 Å². The second-order valence-corrected chi connectivity index (χ2v) is 5.44. The summed E-state index contributed by atoms with van der Waals surface area (Å²) in [5, 5.41) is 7.57. The lowest BCUT2D eigenvalue weighted by atomic mass is 10.2. The van der Waals surface area contributed by atoms with Gasteiger partial charge in [0.1, 0.15) is 18.2 Å². The number of ether oxygens (including phenoxy) is 1. The van der Waals surface area contributed by atoms with Crippen LogP contribution in [0.2, 0.25) is 0 Å². The highest BCUT2D eigenvalue weighted by Gasteiger charge is 2.25. The van der Waals surface area contributed by atoms with Crippen molar-refractivity contribution in [3.8, 4) is 5.75 Å². The lowest BCUT2D eigenvalue weighted by Gasteiger charge is -2.17. The van der Waals surface area contributed by atoms with E-state index in [1.54, 1.807) is 0 Å². The molecule has 1 saturated carbocycles. The summed E-state index contributed by atoms with van der Waals surface area (Å²) in [5.74, 6) is 0.689. The molecule has 0 aromatic heterocycles. The Labute approximate surface area is 116 Å². The number of likely N-dealkylation sites (N-methyl/N-ethyl adjacent to an activating group) is 1. The maximum absolute atomic E-state index is 7.57. The van der Waals surface area contributed by atoms with Crippen LogP contribution in [0, 0.1) is 5.41 Å². The molecular formula is C13H18BrN3O. The lowest BCUT2D eigenvalue weighted by Crippen LogP contribution is -2.26. The van der Waals surface area contributed by atoms with Crippen LogP contribution < -0.4 is 10.5 Å². The fraction of sp³-hybridized carbons (Fsp3) is 0.462. The molecule has 2 rings (SSSR count). The zero-order valence-corrected chi connectivity index (χ0v) is 12.0. The molecule has 3 N–H and O–H groups in total. The van der Waals surface area contributed by atoms with Crippen LogP contribution >= 0.6 is 15.9 Å². The summed E-state index contributed by atoms with van der Waals surface area (Å²) in [6.07, 6.45) is 2.60. The van der Waals surface area contributed by atoms with E-state index in [0.717, 1.165) is 17.1 Å². The fourth-order valence-corrected chi connectivity index (χ4v) is 2.45. The van der Waals surface area contributed by atoms with E-state index >= 15 is 0 Å². The molecule has 4 nitrogen and oxygen atoms in total. The maximum atomic E-state index is 7.57. The van der Waals surface area contributed by atoms with E-state index in [0.29, 0.717) is 17.9 Å². The van der Waals surface area contributed by atoms with Gasteiger partial charge < -0.3 is 15.4 Å². The van der Waals surface area contributed by atoms with E-state index in [1.807, 2.05) is 18.2 Å². The zero-order chi connectivity index (χ0) is 13.1. The summed E-state index contributed by atoms with van der Waals surface area (Å²) in [4.78, 5) is 2.31. The van der Waals surface area contributed by atoms with Crippen molar-refractivity contribution in [1.29, 1.82) is 5.41 Å². The van der Waals surface area contributed by atoms with E-state index < -0.39 is 0 Å². The van der Waals surface area contributed by atoms with E-state index in [2.05, 4.69) is 27.9 Å². The van der Waals surface area contributed by atoms with Gasteiger partial charge in [-0.3, -0.25) is 5.41 Å². The summed E-state index contributed by atoms with van der Waals surface area (Å²) in [5.41, 5.74) is 6.20. The number of benzene rings is 1. The summed E-state index contributed by atoms with van der Waals surface area (Å²) in [6.45, 7) is 1.51. The largest absolute Gasteiger partial charge is 0.491 e. The Balaban J connectivity index is 1.95. The number of nitrogens with one attached hydrogen (secondary N) is 1. The van der Waals surface area contributed by atoms with E-state index in [4.69, 9.17) is 15.9 Å². The van der Waals surface area contributed by atoms with E-state index in [9.17, 15) is 0 Å². The molecule has 1 aliphatic carbocycles. The van der Waals surface area contributed by atoms with E-state index in [-0.39, 0.29) is 5.84 Å². The molecule has 1 aromatic carbocycles. The van der Waals surface area contributed by atoms with Crippen LogP contribution in [0.15, 0.2) is 22.7 Å². The fourth-order valence-electron chi connectivity index (χ4n) is 1.88. The van der Waals surface area contributed by atoms with Gasteiger partial charge in [0.2, 0.25) is 0 Å². The Morgan fingerprint density at radius 1 is 1.56 bits per heavy atom. The van der Waals surface area contributed by atoms with Gasteiger partial charge in [-0.2, -0.15) is 0 Å². The summed E-state index contributed by atoms with van der Waals surface area (Å²) < 4.78 is 6.53. The summed E-state index contributed by atoms with van der Waals surface area (Å²) in [6, 6.07) is 6.33. The van der Waals surface area contributed by atoms with E-state index in [1.165, 1.54) is 12.8 Å². The molecule has 0 amide bonds. The minimum Gasteiger partial charge on any atom is -0.491 e. The standard InChI is InChI=1S/C13H18BrN3O/c1-17(9-5-6-9)7-8-18-11-4-2-3-10(14)12(11)13(15)16/h2-4,9H,5-8H2,1H3,(H3,15,16). The molecule has 98 valence electrons. The van der Waals surface area contributed by atoms with Crippen molar-refractivity contribution in [2.45, 2.75) is 18.9 Å². The molecule has 18 heavy (non-hydrogen) atoms. The molecular weight excluding hydrogens is 294 g/mol. The third-order valence-electron chi connectivity index (χ3n) is 3.12. The third kappa shape index (κ3) is 3.23. The molecule has 0 atom stereocenters.